The molecular formula is C21H27FN4O5S. The number of urea groups is 1. The van der Waals surface area contributed by atoms with E-state index < -0.39 is 28.0 Å². The summed E-state index contributed by atoms with van der Waals surface area (Å²) in [7, 11) is -1.92. The maximum absolute atomic E-state index is 14.2. The number of hydrogen-bond acceptors (Lipinski definition) is 6. The van der Waals surface area contributed by atoms with Crippen LogP contribution in [0.25, 0.3) is 0 Å². The van der Waals surface area contributed by atoms with Gasteiger partial charge in [0.25, 0.3) is 0 Å². The lowest BCUT2D eigenvalue weighted by Crippen LogP contribution is -2.39. The molecule has 2 amide bonds. The molecule has 1 saturated heterocycles. The maximum atomic E-state index is 14.2. The van der Waals surface area contributed by atoms with Gasteiger partial charge in [-0.2, -0.15) is 4.31 Å². The first kappa shape index (κ1) is 23.9. The summed E-state index contributed by atoms with van der Waals surface area (Å²) in [5.41, 5.74) is 1.50. The van der Waals surface area contributed by atoms with E-state index in [1.54, 1.807) is 19.1 Å². The normalized spacial score (nSPS) is 19.0. The van der Waals surface area contributed by atoms with Crippen molar-refractivity contribution in [3.8, 4) is 5.75 Å². The van der Waals surface area contributed by atoms with Gasteiger partial charge in [-0.05, 0) is 32.0 Å². The summed E-state index contributed by atoms with van der Waals surface area (Å²) in [6.45, 7) is 3.79. The number of methoxy groups -OCH3 is 1. The maximum Gasteiger partial charge on any atom is 0.323 e. The van der Waals surface area contributed by atoms with E-state index in [-0.39, 0.29) is 36.4 Å². The number of nitrogens with one attached hydrogen (secondary N) is 2. The highest BCUT2D eigenvalue weighted by molar-refractivity contribution is 7.89. The molecule has 0 unspecified atom stereocenters. The number of carbonyl (C=O) groups excluding carboxylic acids is 1. The minimum Gasteiger partial charge on any atom is -0.489 e. The second-order valence-corrected chi connectivity index (χ2v) is 9.71. The van der Waals surface area contributed by atoms with Gasteiger partial charge in [-0.1, -0.05) is 0 Å². The Morgan fingerprint density at radius 1 is 1.25 bits per heavy atom. The van der Waals surface area contributed by atoms with E-state index in [1.165, 1.54) is 29.7 Å². The van der Waals surface area contributed by atoms with Crippen LogP contribution < -0.4 is 15.4 Å². The van der Waals surface area contributed by atoms with Gasteiger partial charge >= 0.3 is 6.03 Å². The zero-order valence-corrected chi connectivity index (χ0v) is 19.0. The van der Waals surface area contributed by atoms with E-state index in [1.807, 2.05) is 6.92 Å². The van der Waals surface area contributed by atoms with Crippen LogP contribution in [0.15, 0.2) is 36.5 Å². The van der Waals surface area contributed by atoms with E-state index in [9.17, 15) is 17.6 Å². The molecule has 32 heavy (non-hydrogen) atoms. The Labute approximate surface area is 187 Å². The summed E-state index contributed by atoms with van der Waals surface area (Å²) in [6, 6.07) is 6.38. The van der Waals surface area contributed by atoms with Crippen molar-refractivity contribution in [3.63, 3.8) is 0 Å². The molecule has 2 atom stereocenters. The molecule has 0 bridgehead atoms. The molecule has 174 valence electrons. The highest BCUT2D eigenvalue weighted by Crippen LogP contribution is 2.28. The zero-order chi connectivity index (χ0) is 23.3. The highest BCUT2D eigenvalue weighted by atomic mass is 32.2. The van der Waals surface area contributed by atoms with Crippen LogP contribution in [0, 0.1) is 12.7 Å². The number of aromatic nitrogens is 1. The van der Waals surface area contributed by atoms with Gasteiger partial charge in [0, 0.05) is 37.0 Å². The number of anilines is 2. The molecule has 9 nitrogen and oxygen atoms in total. The Morgan fingerprint density at radius 2 is 2.00 bits per heavy atom. The Kier molecular flexibility index (Phi) is 7.64. The van der Waals surface area contributed by atoms with Crippen molar-refractivity contribution in [1.29, 1.82) is 0 Å². The number of hydrogen-bond donors (Lipinski definition) is 2. The smallest absolute Gasteiger partial charge is 0.323 e. The Morgan fingerprint density at radius 3 is 2.66 bits per heavy atom. The summed E-state index contributed by atoms with van der Waals surface area (Å²) in [6.07, 6.45) is 1.45. The second-order valence-electron chi connectivity index (χ2n) is 7.50. The largest absolute Gasteiger partial charge is 0.489 e. The second kappa shape index (κ2) is 10.2. The highest BCUT2D eigenvalue weighted by Gasteiger charge is 2.39. The van der Waals surface area contributed by atoms with Crippen LogP contribution in [0.1, 0.15) is 19.0 Å². The van der Waals surface area contributed by atoms with Gasteiger partial charge < -0.3 is 20.1 Å². The van der Waals surface area contributed by atoms with E-state index in [0.29, 0.717) is 12.1 Å². The van der Waals surface area contributed by atoms with Crippen molar-refractivity contribution >= 4 is 27.4 Å². The molecule has 1 aliphatic rings. The van der Waals surface area contributed by atoms with Gasteiger partial charge in [0.05, 0.1) is 36.8 Å². The van der Waals surface area contributed by atoms with Gasteiger partial charge in [-0.15, -0.1) is 0 Å². The van der Waals surface area contributed by atoms with Crippen LogP contribution in [0.5, 0.6) is 5.75 Å². The lowest BCUT2D eigenvalue weighted by atomic mass is 10.2. The van der Waals surface area contributed by atoms with E-state index in [2.05, 4.69) is 15.6 Å². The molecule has 2 heterocycles. The molecule has 1 fully saturated rings. The lowest BCUT2D eigenvalue weighted by Gasteiger charge is -2.22. The summed E-state index contributed by atoms with van der Waals surface area (Å²) in [5.74, 6) is -0.437. The van der Waals surface area contributed by atoms with Crippen molar-refractivity contribution < 1.29 is 27.1 Å². The van der Waals surface area contributed by atoms with E-state index >= 15 is 0 Å². The lowest BCUT2D eigenvalue weighted by molar-refractivity contribution is 0.147. The predicted molar refractivity (Wildman–Crippen MR) is 119 cm³/mol. The van der Waals surface area contributed by atoms with Crippen LogP contribution in [0.2, 0.25) is 0 Å². The van der Waals surface area contributed by atoms with Gasteiger partial charge in [0.15, 0.2) is 0 Å². The van der Waals surface area contributed by atoms with Crippen molar-refractivity contribution in [2.45, 2.75) is 32.4 Å². The summed E-state index contributed by atoms with van der Waals surface area (Å²) in [5, 5.41) is 5.17. The van der Waals surface area contributed by atoms with Gasteiger partial charge in [-0.3, -0.25) is 4.98 Å². The van der Waals surface area contributed by atoms with Crippen LogP contribution in [-0.2, 0) is 14.8 Å². The third kappa shape index (κ3) is 6.15. The van der Waals surface area contributed by atoms with Crippen molar-refractivity contribution in [2.24, 2.45) is 0 Å². The standard InChI is InChI=1S/C21H27FN4O5S/c1-4-32(28,29)26-12-20(10-18(26)13-30-3)31-19-8-15(22)7-17(9-19)25-21(27)24-16-6-5-14(2)23-11-16/h5-9,11,18,20H,4,10,12-13H2,1-3H3,(H2,24,25,27)/t18-,20-/m1/s1. The minimum atomic E-state index is -3.43. The summed E-state index contributed by atoms with van der Waals surface area (Å²) in [4.78, 5) is 16.3. The third-order valence-corrected chi connectivity index (χ3v) is 6.90. The van der Waals surface area contributed by atoms with Crippen molar-refractivity contribution in [2.75, 3.05) is 36.6 Å². The monoisotopic (exact) mass is 466 g/mol. The SMILES string of the molecule is CCS(=O)(=O)N1C[C@H](Oc2cc(F)cc(NC(=O)Nc3ccc(C)nc3)c2)C[C@@H]1COC. The number of ether oxygens (including phenoxy) is 2. The molecular weight excluding hydrogens is 439 g/mol. The number of rotatable bonds is 8. The fourth-order valence-electron chi connectivity index (χ4n) is 3.51. The van der Waals surface area contributed by atoms with Crippen molar-refractivity contribution in [1.82, 2.24) is 9.29 Å². The number of amides is 2. The summed E-state index contributed by atoms with van der Waals surface area (Å²) < 4.78 is 51.3. The fraction of sp³-hybridized carbons (Fsp3) is 0.429. The molecule has 0 radical (unpaired) electrons. The first-order chi connectivity index (χ1) is 15.2. The molecule has 11 heteroatoms. The van der Waals surface area contributed by atoms with E-state index in [4.69, 9.17) is 9.47 Å². The molecule has 1 aromatic carbocycles. The molecule has 2 N–H and O–H groups in total. The first-order valence-electron chi connectivity index (χ1n) is 10.2. The van der Waals surface area contributed by atoms with Gasteiger partial charge in [-0.25, -0.2) is 17.6 Å². The molecule has 3 rings (SSSR count). The molecule has 0 aliphatic carbocycles. The Balaban J connectivity index is 1.67. The molecule has 0 spiro atoms. The number of sulfonamides is 1. The number of aryl methyl sites for hydroxylation is 1. The van der Waals surface area contributed by atoms with Gasteiger partial charge in [0.1, 0.15) is 17.7 Å². The Bertz CT molecular complexity index is 1050. The average Bonchev–Trinajstić information content (AvgIpc) is 3.12. The van der Waals surface area contributed by atoms with Crippen LogP contribution in [-0.4, -0.2) is 61.9 Å². The average molecular weight is 467 g/mol. The molecule has 1 aliphatic heterocycles. The topological polar surface area (TPSA) is 110 Å². The Hall–Kier alpha value is -2.76. The van der Waals surface area contributed by atoms with Gasteiger partial charge in [0.2, 0.25) is 10.0 Å². The predicted octanol–water partition coefficient (Wildman–Crippen LogP) is 2.99. The van der Waals surface area contributed by atoms with Crippen LogP contribution in [0.3, 0.4) is 0 Å². The molecule has 0 saturated carbocycles. The van der Waals surface area contributed by atoms with Crippen LogP contribution >= 0.6 is 0 Å². The summed E-state index contributed by atoms with van der Waals surface area (Å²) >= 11 is 0. The fourth-order valence-corrected chi connectivity index (χ4v) is 4.84. The first-order valence-corrected chi connectivity index (χ1v) is 11.8. The number of halogens is 1. The molecule has 1 aromatic heterocycles. The number of benzene rings is 1. The molecule has 2 aromatic rings. The van der Waals surface area contributed by atoms with Crippen LogP contribution in [0.4, 0.5) is 20.6 Å². The third-order valence-electron chi connectivity index (χ3n) is 5.01. The zero-order valence-electron chi connectivity index (χ0n) is 18.2. The van der Waals surface area contributed by atoms with Crippen molar-refractivity contribution in [3.05, 3.63) is 48.0 Å². The number of pyridine rings is 1. The quantitative estimate of drug-likeness (QED) is 0.619. The van der Waals surface area contributed by atoms with E-state index in [0.717, 1.165) is 11.8 Å². The number of carbonyl (C=O) groups is 1. The minimum absolute atomic E-state index is 0.0282. The number of nitrogens with zero attached hydrogens (tertiary/aromatic N) is 2.